The van der Waals surface area contributed by atoms with Crippen molar-refractivity contribution in [1.82, 2.24) is 49.6 Å². The molecular weight excluding hydrogens is 620 g/mol. The van der Waals surface area contributed by atoms with Crippen molar-refractivity contribution in [2.75, 3.05) is 16.0 Å². The van der Waals surface area contributed by atoms with Gasteiger partial charge in [0.25, 0.3) is 0 Å². The van der Waals surface area contributed by atoms with E-state index in [1.54, 1.807) is 54.6 Å². The van der Waals surface area contributed by atoms with Crippen LogP contribution in [0.15, 0.2) is 103 Å². The molecule has 3 heterocycles. The average molecular weight is 647 g/mol. The molecule has 0 fully saturated rings. The van der Waals surface area contributed by atoms with Crippen LogP contribution in [0.4, 0.5) is 32.2 Å². The van der Waals surface area contributed by atoms with Crippen molar-refractivity contribution in [3.8, 4) is 11.4 Å². The van der Waals surface area contributed by atoms with Crippen LogP contribution in [-0.2, 0) is 0 Å². The highest BCUT2D eigenvalue weighted by atomic mass is 16.2. The van der Waals surface area contributed by atoms with E-state index in [4.69, 9.17) is 11.6 Å². The number of carbonyl (C=O) groups excluding carboxylic acids is 3. The number of carbonyl (C=O) groups is 3. The minimum absolute atomic E-state index is 0.0422. The van der Waals surface area contributed by atoms with Gasteiger partial charge in [0.2, 0.25) is 17.8 Å². The zero-order chi connectivity index (χ0) is 33.5. The van der Waals surface area contributed by atoms with Crippen molar-refractivity contribution < 1.29 is 14.4 Å². The summed E-state index contributed by atoms with van der Waals surface area (Å²) in [4.78, 5) is 59.6. The highest BCUT2D eigenvalue weighted by Crippen LogP contribution is 2.21. The topological polar surface area (TPSA) is 255 Å². The van der Waals surface area contributed by atoms with Crippen LogP contribution in [0.1, 0.15) is 23.7 Å². The van der Waals surface area contributed by atoms with Crippen LogP contribution in [0.2, 0.25) is 0 Å². The largest absolute Gasteiger partial charge is 0.382 e. The first kappa shape index (κ1) is 30.9. The summed E-state index contributed by atoms with van der Waals surface area (Å²) >= 11 is 0. The first-order valence-electron chi connectivity index (χ1n) is 14.2. The molecule has 1 aliphatic carbocycles. The lowest BCUT2D eigenvalue weighted by molar-refractivity contribution is 0.215. The van der Waals surface area contributed by atoms with Crippen LogP contribution in [0, 0.1) is 0 Å². The SMILES string of the molecule is N/C(=N\N(N)C(=O)Nc1nc(NC(=O)n2cnc(-c3ccccc3)n2)nc(NC(=O)n2cnc(C3C=CC=CC3)n2)n1)c1ccccc1. The molecule has 0 saturated carbocycles. The lowest BCUT2D eigenvalue weighted by Gasteiger charge is -2.13. The van der Waals surface area contributed by atoms with Gasteiger partial charge in [-0.15, -0.1) is 20.4 Å². The molecule has 0 saturated heterocycles. The second-order valence-corrected chi connectivity index (χ2v) is 9.87. The standard InChI is InChI=1S/C29H26N16O3/c30-21(18-10-4-1-5-11-18)40-45(31)29(48)39-26-35-24(37-27(46)43-16-32-22(41-43)19-12-6-2-7-13-19)34-25(36-26)38-28(47)44-17-33-23(42-44)20-14-8-3-9-15-20/h1-14,16-17,20H,15,31H2,(H2,30,40)(H3,34,35,36,37,38,39,46,47,48). The maximum absolute atomic E-state index is 13.1. The Bertz CT molecular complexity index is 2040. The number of hydrogen-bond acceptors (Lipinski definition) is 12. The summed E-state index contributed by atoms with van der Waals surface area (Å²) < 4.78 is 1.89. The number of rotatable bonds is 7. The van der Waals surface area contributed by atoms with Gasteiger partial charge in [0, 0.05) is 17.0 Å². The number of allylic oxidation sites excluding steroid dienone is 4. The van der Waals surface area contributed by atoms with Gasteiger partial charge in [-0.05, 0) is 6.42 Å². The quantitative estimate of drug-likeness (QED) is 0.0562. The Morgan fingerprint density at radius 3 is 2.04 bits per heavy atom. The summed E-state index contributed by atoms with van der Waals surface area (Å²) in [5.74, 6) is 5.26. The minimum Gasteiger partial charge on any atom is -0.382 e. The van der Waals surface area contributed by atoms with Gasteiger partial charge >= 0.3 is 18.1 Å². The summed E-state index contributed by atoms with van der Waals surface area (Å²) in [5.41, 5.74) is 7.17. The van der Waals surface area contributed by atoms with Crippen LogP contribution in [0.5, 0.6) is 0 Å². The monoisotopic (exact) mass is 646 g/mol. The molecule has 6 rings (SSSR count). The molecule has 19 nitrogen and oxygen atoms in total. The molecule has 48 heavy (non-hydrogen) atoms. The molecule has 19 heteroatoms. The molecule has 2 aromatic carbocycles. The fourth-order valence-corrected chi connectivity index (χ4v) is 4.23. The Kier molecular flexibility index (Phi) is 8.92. The minimum atomic E-state index is -1.01. The van der Waals surface area contributed by atoms with Crippen molar-refractivity contribution in [3.63, 3.8) is 0 Å². The Balaban J connectivity index is 1.22. The normalized spacial score (nSPS) is 13.9. The maximum Gasteiger partial charge on any atom is 0.359 e. The van der Waals surface area contributed by atoms with Gasteiger partial charge in [-0.1, -0.05) is 85.0 Å². The van der Waals surface area contributed by atoms with E-state index in [1.807, 2.05) is 30.4 Å². The number of nitrogens with one attached hydrogen (secondary N) is 3. The summed E-state index contributed by atoms with van der Waals surface area (Å²) in [5, 5.41) is 19.9. The lowest BCUT2D eigenvalue weighted by atomic mass is 10.0. The Labute approximate surface area is 271 Å². The highest BCUT2D eigenvalue weighted by molar-refractivity contribution is 5.98. The first-order valence-corrected chi connectivity index (χ1v) is 14.2. The number of amides is 4. The van der Waals surface area contributed by atoms with E-state index in [-0.39, 0.29) is 23.7 Å². The van der Waals surface area contributed by atoms with Crippen LogP contribution >= 0.6 is 0 Å². The lowest BCUT2D eigenvalue weighted by Crippen LogP contribution is -2.39. The number of nitrogens with zero attached hydrogens (tertiary/aromatic N) is 11. The smallest absolute Gasteiger partial charge is 0.359 e. The van der Waals surface area contributed by atoms with E-state index in [9.17, 15) is 14.4 Å². The predicted molar refractivity (Wildman–Crippen MR) is 172 cm³/mol. The van der Waals surface area contributed by atoms with Crippen molar-refractivity contribution in [3.05, 3.63) is 109 Å². The Hall–Kier alpha value is -7.15. The second kappa shape index (κ2) is 13.9. The molecule has 1 unspecified atom stereocenters. The molecule has 5 aromatic rings. The van der Waals surface area contributed by atoms with E-state index < -0.39 is 24.0 Å². The van der Waals surface area contributed by atoms with Gasteiger partial charge in [-0.3, -0.25) is 16.0 Å². The molecule has 1 atom stereocenters. The van der Waals surface area contributed by atoms with Crippen molar-refractivity contribution in [1.29, 1.82) is 0 Å². The second-order valence-electron chi connectivity index (χ2n) is 9.87. The molecule has 0 bridgehead atoms. The fourth-order valence-electron chi connectivity index (χ4n) is 4.23. The molecule has 4 amide bonds. The van der Waals surface area contributed by atoms with Gasteiger partial charge in [-0.25, -0.2) is 30.2 Å². The molecule has 3 aromatic heterocycles. The van der Waals surface area contributed by atoms with E-state index >= 15 is 0 Å². The average Bonchev–Trinajstić information content (AvgIpc) is 3.81. The number of hydrazone groups is 1. The van der Waals surface area contributed by atoms with E-state index in [2.05, 4.69) is 56.2 Å². The van der Waals surface area contributed by atoms with E-state index in [1.165, 1.54) is 12.7 Å². The van der Waals surface area contributed by atoms with Gasteiger partial charge in [0.05, 0.1) is 0 Å². The Morgan fingerprint density at radius 2 is 1.40 bits per heavy atom. The Morgan fingerprint density at radius 1 is 0.792 bits per heavy atom. The third-order valence-corrected chi connectivity index (χ3v) is 6.55. The van der Waals surface area contributed by atoms with Crippen molar-refractivity contribution >= 4 is 41.8 Å². The summed E-state index contributed by atoms with van der Waals surface area (Å²) in [6, 6.07) is 15.0. The van der Waals surface area contributed by atoms with Gasteiger partial charge in [0.15, 0.2) is 17.5 Å². The summed E-state index contributed by atoms with van der Waals surface area (Å²) in [6.45, 7) is 0. The summed E-state index contributed by atoms with van der Waals surface area (Å²) in [7, 11) is 0. The number of nitrogens with two attached hydrogens (primary N) is 2. The molecule has 0 spiro atoms. The van der Waals surface area contributed by atoms with Crippen molar-refractivity contribution in [2.24, 2.45) is 16.7 Å². The maximum atomic E-state index is 13.1. The number of urea groups is 1. The molecule has 7 N–H and O–H groups in total. The van der Waals surface area contributed by atoms with Gasteiger partial charge < -0.3 is 5.73 Å². The number of hydrogen-bond donors (Lipinski definition) is 5. The molecule has 1 aliphatic rings. The van der Waals surface area contributed by atoms with E-state index in [0.717, 1.165) is 9.36 Å². The number of benzene rings is 2. The van der Waals surface area contributed by atoms with Crippen LogP contribution in [0.3, 0.4) is 0 Å². The zero-order valence-electron chi connectivity index (χ0n) is 24.8. The van der Waals surface area contributed by atoms with Crippen LogP contribution in [0.25, 0.3) is 11.4 Å². The third kappa shape index (κ3) is 7.38. The fraction of sp³-hybridized carbons (Fsp3) is 0.0690. The van der Waals surface area contributed by atoms with Crippen LogP contribution < -0.4 is 27.5 Å². The number of amidine groups is 1. The zero-order valence-corrected chi connectivity index (χ0v) is 24.8. The molecule has 0 radical (unpaired) electrons. The van der Waals surface area contributed by atoms with E-state index in [0.29, 0.717) is 34.3 Å². The highest BCUT2D eigenvalue weighted by Gasteiger charge is 2.20. The number of hydrazine groups is 1. The predicted octanol–water partition coefficient (Wildman–Crippen LogP) is 2.51. The molecular formula is C29H26N16O3. The van der Waals surface area contributed by atoms with Gasteiger partial charge in [-0.2, -0.15) is 24.3 Å². The molecule has 0 aliphatic heterocycles. The molecule has 240 valence electrons. The van der Waals surface area contributed by atoms with Crippen molar-refractivity contribution in [2.45, 2.75) is 12.3 Å². The van der Waals surface area contributed by atoms with Gasteiger partial charge in [0.1, 0.15) is 12.7 Å². The van der Waals surface area contributed by atoms with Crippen LogP contribution in [-0.4, -0.2) is 73.5 Å². The number of anilines is 3. The first-order chi connectivity index (χ1) is 23.3. The number of aromatic nitrogens is 9. The third-order valence-electron chi connectivity index (χ3n) is 6.55. The summed E-state index contributed by atoms with van der Waals surface area (Å²) in [6.07, 6.45) is 10.8.